The number of carbonyl (C=O) groups excluding carboxylic acids is 1. The van der Waals surface area contributed by atoms with Crippen molar-refractivity contribution in [3.8, 4) is 0 Å². The molecule has 2 rings (SSSR count). The molecule has 4 nitrogen and oxygen atoms in total. The Morgan fingerprint density at radius 3 is 2.50 bits per heavy atom. The summed E-state index contributed by atoms with van der Waals surface area (Å²) in [5.74, 6) is -0.175. The van der Waals surface area contributed by atoms with E-state index in [2.05, 4.69) is 5.32 Å². The number of nitrogens with two attached hydrogens (primary N) is 2. The lowest BCUT2D eigenvalue weighted by atomic mass is 10.1. The number of hydrogen-bond acceptors (Lipinski definition) is 3. The molecule has 0 bridgehead atoms. The molecule has 0 spiro atoms. The smallest absolute Gasteiger partial charge is 0.253 e. The molecule has 0 aromatic heterocycles. The number of nitrogens with one attached hydrogen (secondary N) is 1. The Balaban J connectivity index is 2.00. The number of rotatable bonds is 4. The summed E-state index contributed by atoms with van der Waals surface area (Å²) in [6, 6.07) is 15.0. The van der Waals surface area contributed by atoms with Gasteiger partial charge in [0.1, 0.15) is 0 Å². The molecule has 0 radical (unpaired) electrons. The third kappa shape index (κ3) is 3.51. The van der Waals surface area contributed by atoms with E-state index < -0.39 is 0 Å². The van der Waals surface area contributed by atoms with E-state index in [1.54, 1.807) is 18.2 Å². The van der Waals surface area contributed by atoms with Crippen molar-refractivity contribution < 1.29 is 4.79 Å². The second-order valence-electron chi connectivity index (χ2n) is 4.91. The molecule has 20 heavy (non-hydrogen) atoms. The van der Waals surface area contributed by atoms with E-state index in [0.29, 0.717) is 16.9 Å². The second kappa shape index (κ2) is 6.10. The van der Waals surface area contributed by atoms with Crippen molar-refractivity contribution in [2.24, 2.45) is 0 Å². The van der Waals surface area contributed by atoms with Crippen molar-refractivity contribution in [1.29, 1.82) is 0 Å². The quantitative estimate of drug-likeness (QED) is 0.744. The molecule has 1 amide bonds. The molecular weight excluding hydrogens is 250 g/mol. The highest BCUT2D eigenvalue weighted by Gasteiger charge is 2.13. The third-order valence-electron chi connectivity index (χ3n) is 3.08. The lowest BCUT2D eigenvalue weighted by molar-refractivity contribution is 0.0941. The Morgan fingerprint density at radius 2 is 1.85 bits per heavy atom. The highest BCUT2D eigenvalue weighted by Crippen LogP contribution is 2.15. The topological polar surface area (TPSA) is 81.1 Å². The van der Waals surface area contributed by atoms with Crippen LogP contribution in [0.1, 0.15) is 22.8 Å². The van der Waals surface area contributed by atoms with Gasteiger partial charge in [0.15, 0.2) is 0 Å². The maximum atomic E-state index is 12.1. The Hall–Kier alpha value is -2.49. The largest absolute Gasteiger partial charge is 0.399 e. The third-order valence-corrected chi connectivity index (χ3v) is 3.08. The van der Waals surface area contributed by atoms with E-state index in [-0.39, 0.29) is 11.9 Å². The van der Waals surface area contributed by atoms with Crippen LogP contribution >= 0.6 is 0 Å². The predicted molar refractivity (Wildman–Crippen MR) is 82.3 cm³/mol. The Kier molecular flexibility index (Phi) is 4.25. The van der Waals surface area contributed by atoms with Gasteiger partial charge in [-0.3, -0.25) is 4.79 Å². The molecule has 5 N–H and O–H groups in total. The monoisotopic (exact) mass is 269 g/mol. The number of benzene rings is 2. The van der Waals surface area contributed by atoms with Gasteiger partial charge in [0.2, 0.25) is 0 Å². The molecular formula is C16H19N3O. The van der Waals surface area contributed by atoms with Gasteiger partial charge in [0.25, 0.3) is 5.91 Å². The molecule has 0 fully saturated rings. The van der Waals surface area contributed by atoms with Gasteiger partial charge in [0.05, 0.1) is 5.56 Å². The highest BCUT2D eigenvalue weighted by molar-refractivity contribution is 5.99. The van der Waals surface area contributed by atoms with Crippen LogP contribution in [0.4, 0.5) is 11.4 Å². The summed E-state index contributed by atoms with van der Waals surface area (Å²) in [5.41, 5.74) is 14.0. The van der Waals surface area contributed by atoms with E-state index >= 15 is 0 Å². The Morgan fingerprint density at radius 1 is 1.15 bits per heavy atom. The zero-order valence-electron chi connectivity index (χ0n) is 11.5. The molecule has 1 atom stereocenters. The van der Waals surface area contributed by atoms with Crippen LogP contribution in [0.25, 0.3) is 0 Å². The van der Waals surface area contributed by atoms with E-state index in [9.17, 15) is 4.79 Å². The van der Waals surface area contributed by atoms with Crippen LogP contribution in [-0.2, 0) is 6.42 Å². The van der Waals surface area contributed by atoms with Gasteiger partial charge in [-0.25, -0.2) is 0 Å². The number of anilines is 2. The van der Waals surface area contributed by atoms with Crippen molar-refractivity contribution in [2.45, 2.75) is 19.4 Å². The summed E-state index contributed by atoms with van der Waals surface area (Å²) in [7, 11) is 0. The fourth-order valence-electron chi connectivity index (χ4n) is 2.11. The fourth-order valence-corrected chi connectivity index (χ4v) is 2.11. The summed E-state index contributed by atoms with van der Waals surface area (Å²) in [6.07, 6.45) is 0.779. The Labute approximate surface area is 118 Å². The molecule has 2 aromatic carbocycles. The minimum absolute atomic E-state index is 0.0295. The molecule has 0 aliphatic carbocycles. The minimum Gasteiger partial charge on any atom is -0.399 e. The maximum Gasteiger partial charge on any atom is 0.253 e. The first-order chi connectivity index (χ1) is 9.56. The van der Waals surface area contributed by atoms with Gasteiger partial charge in [-0.05, 0) is 37.1 Å². The van der Waals surface area contributed by atoms with E-state index in [1.165, 1.54) is 5.56 Å². The van der Waals surface area contributed by atoms with Crippen molar-refractivity contribution in [2.75, 3.05) is 11.5 Å². The average Bonchev–Trinajstić information content (AvgIpc) is 2.39. The first-order valence-corrected chi connectivity index (χ1v) is 6.56. The van der Waals surface area contributed by atoms with Crippen molar-refractivity contribution >= 4 is 17.3 Å². The molecule has 2 aromatic rings. The molecule has 104 valence electrons. The minimum atomic E-state index is -0.175. The van der Waals surface area contributed by atoms with Gasteiger partial charge in [-0.2, -0.15) is 0 Å². The van der Waals surface area contributed by atoms with Crippen LogP contribution in [0, 0.1) is 0 Å². The molecule has 1 unspecified atom stereocenters. The molecule has 0 aliphatic rings. The van der Waals surface area contributed by atoms with Crippen LogP contribution < -0.4 is 16.8 Å². The van der Waals surface area contributed by atoms with Crippen LogP contribution in [-0.4, -0.2) is 11.9 Å². The maximum absolute atomic E-state index is 12.1. The standard InChI is InChI=1S/C16H19N3O/c1-11(9-12-5-3-2-4-6-12)19-16(20)14-8-7-13(17)10-15(14)18/h2-8,10-11H,9,17-18H2,1H3,(H,19,20). The molecule has 0 saturated carbocycles. The number of nitrogen functional groups attached to an aromatic ring is 2. The molecule has 0 aliphatic heterocycles. The van der Waals surface area contributed by atoms with Crippen LogP contribution in [0.15, 0.2) is 48.5 Å². The zero-order valence-corrected chi connectivity index (χ0v) is 11.5. The lowest BCUT2D eigenvalue weighted by Gasteiger charge is -2.15. The van der Waals surface area contributed by atoms with Crippen LogP contribution in [0.2, 0.25) is 0 Å². The summed E-state index contributed by atoms with van der Waals surface area (Å²) >= 11 is 0. The first-order valence-electron chi connectivity index (χ1n) is 6.56. The lowest BCUT2D eigenvalue weighted by Crippen LogP contribution is -2.34. The summed E-state index contributed by atoms with van der Waals surface area (Å²) in [5, 5.41) is 2.95. The number of hydrogen-bond donors (Lipinski definition) is 3. The first kappa shape index (κ1) is 13.9. The van der Waals surface area contributed by atoms with Crippen molar-refractivity contribution in [1.82, 2.24) is 5.32 Å². The van der Waals surface area contributed by atoms with Gasteiger partial charge in [0, 0.05) is 17.4 Å². The fraction of sp³-hybridized carbons (Fsp3) is 0.188. The van der Waals surface area contributed by atoms with Gasteiger partial charge < -0.3 is 16.8 Å². The second-order valence-corrected chi connectivity index (χ2v) is 4.91. The number of amides is 1. The van der Waals surface area contributed by atoms with Gasteiger partial charge in [-0.1, -0.05) is 30.3 Å². The molecule has 4 heteroatoms. The highest BCUT2D eigenvalue weighted by atomic mass is 16.1. The summed E-state index contributed by atoms with van der Waals surface area (Å²) in [6.45, 7) is 1.97. The van der Waals surface area contributed by atoms with Crippen LogP contribution in [0.5, 0.6) is 0 Å². The average molecular weight is 269 g/mol. The normalized spacial score (nSPS) is 11.8. The predicted octanol–water partition coefficient (Wildman–Crippen LogP) is 2.21. The van der Waals surface area contributed by atoms with Crippen molar-refractivity contribution in [3.05, 3.63) is 59.7 Å². The van der Waals surface area contributed by atoms with Gasteiger partial charge >= 0.3 is 0 Å². The Bertz CT molecular complexity index is 596. The van der Waals surface area contributed by atoms with E-state index in [1.807, 2.05) is 37.3 Å². The SMILES string of the molecule is CC(Cc1ccccc1)NC(=O)c1ccc(N)cc1N. The number of carbonyl (C=O) groups is 1. The van der Waals surface area contributed by atoms with Crippen LogP contribution in [0.3, 0.4) is 0 Å². The summed E-state index contributed by atoms with van der Waals surface area (Å²) < 4.78 is 0. The zero-order chi connectivity index (χ0) is 14.5. The van der Waals surface area contributed by atoms with E-state index in [0.717, 1.165) is 6.42 Å². The summed E-state index contributed by atoms with van der Waals surface area (Å²) in [4.78, 5) is 12.1. The molecule has 0 heterocycles. The van der Waals surface area contributed by atoms with Gasteiger partial charge in [-0.15, -0.1) is 0 Å². The van der Waals surface area contributed by atoms with E-state index in [4.69, 9.17) is 11.5 Å². The van der Waals surface area contributed by atoms with Crippen molar-refractivity contribution in [3.63, 3.8) is 0 Å². The molecule has 0 saturated heterocycles.